The molecule has 28 heavy (non-hydrogen) atoms. The molecule has 152 valence electrons. The van der Waals surface area contributed by atoms with Gasteiger partial charge in [-0.15, -0.1) is 0 Å². The van der Waals surface area contributed by atoms with Crippen LogP contribution in [0.25, 0.3) is 0 Å². The normalized spacial score (nSPS) is 17.3. The molecule has 0 amide bonds. The third-order valence-corrected chi connectivity index (χ3v) is 6.16. The molecule has 0 aliphatic carbocycles. The molecule has 0 saturated carbocycles. The van der Waals surface area contributed by atoms with E-state index >= 15 is 0 Å². The van der Waals surface area contributed by atoms with E-state index in [0.29, 0.717) is 12.1 Å². The summed E-state index contributed by atoms with van der Waals surface area (Å²) in [5, 5.41) is 0.0904. The van der Waals surface area contributed by atoms with Crippen molar-refractivity contribution in [3.63, 3.8) is 0 Å². The minimum absolute atomic E-state index is 0.0440. The van der Waals surface area contributed by atoms with Gasteiger partial charge in [0, 0.05) is 36.3 Å². The third-order valence-electron chi connectivity index (χ3n) is 4.76. The Hall–Kier alpha value is -1.51. The van der Waals surface area contributed by atoms with E-state index < -0.39 is 11.7 Å². The summed E-state index contributed by atoms with van der Waals surface area (Å²) in [5.74, 6) is -0.0723. The summed E-state index contributed by atoms with van der Waals surface area (Å²) in [6, 6.07) is 2.67. The number of ketones is 1. The summed E-state index contributed by atoms with van der Waals surface area (Å²) in [7, 11) is 0. The standard InChI is InChI=1S/C19H20ClF3N2O2S/c1-11-6-15(12(2)25(11)9-14-4-3-5-27-14)17(26)10-28-18-16(20)7-13(8-24-18)19(21,22)23/h6-8,14H,3-5,9-10H2,1-2H3. The van der Waals surface area contributed by atoms with Crippen molar-refractivity contribution in [1.29, 1.82) is 0 Å². The zero-order chi connectivity index (χ0) is 20.5. The lowest BCUT2D eigenvalue weighted by Gasteiger charge is -2.14. The van der Waals surface area contributed by atoms with Crippen LogP contribution in [0.5, 0.6) is 0 Å². The molecule has 1 aliphatic rings. The van der Waals surface area contributed by atoms with E-state index in [4.69, 9.17) is 16.3 Å². The van der Waals surface area contributed by atoms with Crippen molar-refractivity contribution in [2.24, 2.45) is 0 Å². The Morgan fingerprint density at radius 2 is 2.14 bits per heavy atom. The van der Waals surface area contributed by atoms with Crippen LogP contribution >= 0.6 is 23.4 Å². The molecule has 0 aromatic carbocycles. The van der Waals surface area contributed by atoms with Gasteiger partial charge in [0.05, 0.1) is 22.4 Å². The molecule has 1 unspecified atom stereocenters. The first kappa shape index (κ1) is 21.2. The first-order valence-electron chi connectivity index (χ1n) is 8.84. The summed E-state index contributed by atoms with van der Waals surface area (Å²) >= 11 is 6.94. The van der Waals surface area contributed by atoms with Crippen LogP contribution in [0, 0.1) is 13.8 Å². The molecule has 1 atom stereocenters. The largest absolute Gasteiger partial charge is 0.417 e. The number of thioether (sulfide) groups is 1. The second kappa shape index (κ2) is 8.47. The number of aryl methyl sites for hydroxylation is 1. The molecule has 1 saturated heterocycles. The number of hydrogen-bond donors (Lipinski definition) is 0. The summed E-state index contributed by atoms with van der Waals surface area (Å²) in [6.07, 6.45) is -1.55. The maximum Gasteiger partial charge on any atom is 0.417 e. The average molecular weight is 433 g/mol. The fraction of sp³-hybridized carbons (Fsp3) is 0.474. The van der Waals surface area contributed by atoms with E-state index in [1.54, 1.807) is 0 Å². The Morgan fingerprint density at radius 3 is 2.75 bits per heavy atom. The van der Waals surface area contributed by atoms with Gasteiger partial charge in [0.15, 0.2) is 5.78 Å². The molecular weight excluding hydrogens is 413 g/mol. The quantitative estimate of drug-likeness (QED) is 0.457. The number of halogens is 4. The van der Waals surface area contributed by atoms with Gasteiger partial charge in [0.1, 0.15) is 5.03 Å². The second-order valence-corrected chi connectivity index (χ2v) is 8.12. The smallest absolute Gasteiger partial charge is 0.376 e. The number of pyridine rings is 1. The maximum absolute atomic E-state index is 12.7. The van der Waals surface area contributed by atoms with Gasteiger partial charge in [-0.05, 0) is 38.8 Å². The van der Waals surface area contributed by atoms with Gasteiger partial charge in [0.2, 0.25) is 0 Å². The molecule has 0 N–H and O–H groups in total. The van der Waals surface area contributed by atoms with Gasteiger partial charge in [-0.2, -0.15) is 13.2 Å². The zero-order valence-corrected chi connectivity index (χ0v) is 17.0. The van der Waals surface area contributed by atoms with Crippen molar-refractivity contribution in [3.8, 4) is 0 Å². The van der Waals surface area contributed by atoms with Gasteiger partial charge in [-0.1, -0.05) is 23.4 Å². The Labute approximate surface area is 170 Å². The van der Waals surface area contributed by atoms with E-state index in [2.05, 4.69) is 9.55 Å². The van der Waals surface area contributed by atoms with E-state index in [-0.39, 0.29) is 27.7 Å². The molecule has 2 aromatic rings. The summed E-state index contributed by atoms with van der Waals surface area (Å²) in [4.78, 5) is 16.4. The Morgan fingerprint density at radius 1 is 1.39 bits per heavy atom. The topological polar surface area (TPSA) is 44.1 Å². The van der Waals surface area contributed by atoms with E-state index in [1.807, 2.05) is 19.9 Å². The molecule has 0 bridgehead atoms. The molecule has 9 heteroatoms. The van der Waals surface area contributed by atoms with Crippen molar-refractivity contribution in [1.82, 2.24) is 9.55 Å². The number of Topliss-reactive ketones (excluding diaryl/α,β-unsaturated/α-hetero) is 1. The maximum atomic E-state index is 12.7. The van der Waals surface area contributed by atoms with Crippen LogP contribution in [-0.2, 0) is 17.5 Å². The molecule has 0 radical (unpaired) electrons. The van der Waals surface area contributed by atoms with E-state index in [1.165, 1.54) is 0 Å². The first-order chi connectivity index (χ1) is 13.2. The number of carbonyl (C=O) groups is 1. The van der Waals surface area contributed by atoms with Crippen LogP contribution in [-0.4, -0.2) is 33.8 Å². The molecular formula is C19H20ClF3N2O2S. The SMILES string of the molecule is Cc1cc(C(=O)CSc2ncc(C(F)(F)F)cc2Cl)c(C)n1CC1CCCO1. The molecule has 1 aliphatic heterocycles. The average Bonchev–Trinajstić information content (AvgIpc) is 3.23. The fourth-order valence-electron chi connectivity index (χ4n) is 3.25. The molecule has 0 spiro atoms. The van der Waals surface area contributed by atoms with Crippen molar-refractivity contribution in [2.45, 2.75) is 50.5 Å². The predicted molar refractivity (Wildman–Crippen MR) is 102 cm³/mol. The molecule has 2 aromatic heterocycles. The van der Waals surface area contributed by atoms with E-state index in [0.717, 1.165) is 54.9 Å². The lowest BCUT2D eigenvalue weighted by Crippen LogP contribution is -2.17. The Kier molecular flexibility index (Phi) is 6.41. The summed E-state index contributed by atoms with van der Waals surface area (Å²) in [5.41, 5.74) is 1.54. The van der Waals surface area contributed by atoms with Crippen molar-refractivity contribution in [2.75, 3.05) is 12.4 Å². The van der Waals surface area contributed by atoms with Crippen LogP contribution in [0.1, 0.15) is 40.2 Å². The summed E-state index contributed by atoms with van der Waals surface area (Å²) in [6.45, 7) is 5.32. The van der Waals surface area contributed by atoms with Gasteiger partial charge >= 0.3 is 6.18 Å². The number of ether oxygens (including phenoxy) is 1. The predicted octanol–water partition coefficient (Wildman–Crippen LogP) is 5.33. The van der Waals surface area contributed by atoms with Gasteiger partial charge in [-0.25, -0.2) is 4.98 Å². The molecule has 1 fully saturated rings. The zero-order valence-electron chi connectivity index (χ0n) is 15.5. The highest BCUT2D eigenvalue weighted by molar-refractivity contribution is 8.00. The monoisotopic (exact) mass is 432 g/mol. The van der Waals surface area contributed by atoms with Crippen molar-refractivity contribution < 1.29 is 22.7 Å². The molecule has 3 rings (SSSR count). The Balaban J connectivity index is 1.68. The summed E-state index contributed by atoms with van der Waals surface area (Å²) < 4.78 is 45.8. The van der Waals surface area contributed by atoms with Crippen LogP contribution in [0.2, 0.25) is 5.02 Å². The highest BCUT2D eigenvalue weighted by Gasteiger charge is 2.31. The number of hydrogen-bond acceptors (Lipinski definition) is 4. The Bertz CT molecular complexity index is 877. The second-order valence-electron chi connectivity index (χ2n) is 6.75. The van der Waals surface area contributed by atoms with Crippen LogP contribution < -0.4 is 0 Å². The van der Waals surface area contributed by atoms with Crippen LogP contribution in [0.4, 0.5) is 13.2 Å². The van der Waals surface area contributed by atoms with Gasteiger partial charge in [-0.3, -0.25) is 4.79 Å². The fourth-order valence-corrected chi connectivity index (χ4v) is 4.33. The van der Waals surface area contributed by atoms with Crippen molar-refractivity contribution >= 4 is 29.1 Å². The lowest BCUT2D eigenvalue weighted by molar-refractivity contribution is -0.137. The molecule has 3 heterocycles. The van der Waals surface area contributed by atoms with Crippen LogP contribution in [0.3, 0.4) is 0 Å². The third kappa shape index (κ3) is 4.72. The highest BCUT2D eigenvalue weighted by atomic mass is 35.5. The number of rotatable bonds is 6. The number of aromatic nitrogens is 2. The van der Waals surface area contributed by atoms with Gasteiger partial charge in [0.25, 0.3) is 0 Å². The first-order valence-corrected chi connectivity index (χ1v) is 10.2. The van der Waals surface area contributed by atoms with Crippen molar-refractivity contribution in [3.05, 3.63) is 45.9 Å². The lowest BCUT2D eigenvalue weighted by atomic mass is 10.2. The highest BCUT2D eigenvalue weighted by Crippen LogP contribution is 2.34. The molecule has 4 nitrogen and oxygen atoms in total. The minimum atomic E-state index is -4.50. The van der Waals surface area contributed by atoms with E-state index in [9.17, 15) is 18.0 Å². The number of carbonyl (C=O) groups excluding carboxylic acids is 1. The number of alkyl halides is 3. The van der Waals surface area contributed by atoms with Gasteiger partial charge < -0.3 is 9.30 Å². The van der Waals surface area contributed by atoms with Crippen LogP contribution in [0.15, 0.2) is 23.4 Å². The minimum Gasteiger partial charge on any atom is -0.376 e. The number of nitrogens with zero attached hydrogens (tertiary/aromatic N) is 2.